The van der Waals surface area contributed by atoms with Crippen molar-refractivity contribution in [2.24, 2.45) is 0 Å². The molecule has 0 aliphatic heterocycles. The van der Waals surface area contributed by atoms with E-state index in [1.54, 1.807) is 30.3 Å². The van der Waals surface area contributed by atoms with Crippen molar-refractivity contribution < 1.29 is 14.3 Å². The van der Waals surface area contributed by atoms with Gasteiger partial charge in [0.25, 0.3) is 0 Å². The van der Waals surface area contributed by atoms with Crippen molar-refractivity contribution in [1.82, 2.24) is 0 Å². The van der Waals surface area contributed by atoms with E-state index in [4.69, 9.17) is 11.6 Å². The predicted molar refractivity (Wildman–Crippen MR) is 78.1 cm³/mol. The van der Waals surface area contributed by atoms with Crippen LogP contribution >= 0.6 is 11.6 Å². The van der Waals surface area contributed by atoms with Gasteiger partial charge in [0.05, 0.1) is 5.57 Å². The average molecular weight is 291 g/mol. The second-order valence-corrected chi connectivity index (χ2v) is 4.76. The largest absolute Gasteiger partial charge is 0.478 e. The number of carboxylic acids is 1. The lowest BCUT2D eigenvalue weighted by atomic mass is 10.0. The first-order valence-corrected chi connectivity index (χ1v) is 6.33. The van der Waals surface area contributed by atoms with Crippen LogP contribution in [0, 0.1) is 12.7 Å². The monoisotopic (exact) mass is 290 g/mol. The smallest absolute Gasteiger partial charge is 0.336 e. The highest BCUT2D eigenvalue weighted by molar-refractivity contribution is 6.32. The van der Waals surface area contributed by atoms with Gasteiger partial charge in [0, 0.05) is 10.6 Å². The summed E-state index contributed by atoms with van der Waals surface area (Å²) in [5, 5.41) is 9.78. The van der Waals surface area contributed by atoms with Gasteiger partial charge in [-0.25, -0.2) is 9.18 Å². The van der Waals surface area contributed by atoms with Gasteiger partial charge in [-0.15, -0.1) is 0 Å². The molecule has 0 radical (unpaired) electrons. The van der Waals surface area contributed by atoms with Gasteiger partial charge in [-0.3, -0.25) is 0 Å². The second-order valence-electron chi connectivity index (χ2n) is 4.35. The summed E-state index contributed by atoms with van der Waals surface area (Å²) < 4.78 is 13.6. The first-order valence-electron chi connectivity index (χ1n) is 5.95. The summed E-state index contributed by atoms with van der Waals surface area (Å²) in [6.07, 6.45) is 1.30. The van der Waals surface area contributed by atoms with Crippen LogP contribution in [-0.2, 0) is 4.79 Å². The first-order chi connectivity index (χ1) is 9.49. The molecule has 0 saturated heterocycles. The van der Waals surface area contributed by atoms with Crippen molar-refractivity contribution in [1.29, 1.82) is 0 Å². The standard InChI is InChI=1S/C16H12ClFO2/c1-10-6-7-11(9-14(10)17)13(16(19)20)8-12-4-2-3-5-15(12)18/h2-9H,1H3,(H,19,20)/b13-8-. The number of aryl methyl sites for hydroxylation is 1. The van der Waals surface area contributed by atoms with Gasteiger partial charge in [-0.05, 0) is 36.3 Å². The lowest BCUT2D eigenvalue weighted by Gasteiger charge is -2.06. The van der Waals surface area contributed by atoms with Gasteiger partial charge < -0.3 is 5.11 Å². The van der Waals surface area contributed by atoms with E-state index in [1.165, 1.54) is 18.2 Å². The van der Waals surface area contributed by atoms with Crippen LogP contribution in [-0.4, -0.2) is 11.1 Å². The number of hydrogen-bond donors (Lipinski definition) is 1. The molecule has 0 saturated carbocycles. The summed E-state index contributed by atoms with van der Waals surface area (Å²) in [5.74, 6) is -1.60. The zero-order valence-electron chi connectivity index (χ0n) is 10.7. The Morgan fingerprint density at radius 3 is 2.55 bits per heavy atom. The molecular formula is C16H12ClFO2. The molecule has 2 rings (SSSR count). The van der Waals surface area contributed by atoms with E-state index in [2.05, 4.69) is 0 Å². The molecule has 0 heterocycles. The first kappa shape index (κ1) is 14.3. The van der Waals surface area contributed by atoms with Crippen LogP contribution in [0.15, 0.2) is 42.5 Å². The van der Waals surface area contributed by atoms with Gasteiger partial charge in [-0.1, -0.05) is 41.9 Å². The maximum Gasteiger partial charge on any atom is 0.336 e. The number of hydrogen-bond acceptors (Lipinski definition) is 1. The molecule has 0 aliphatic carbocycles. The molecule has 0 fully saturated rings. The Balaban J connectivity index is 2.54. The van der Waals surface area contributed by atoms with Crippen LogP contribution in [0.5, 0.6) is 0 Å². The van der Waals surface area contributed by atoms with Crippen molar-refractivity contribution in [3.05, 3.63) is 70.0 Å². The van der Waals surface area contributed by atoms with Crippen molar-refractivity contribution in [3.8, 4) is 0 Å². The Morgan fingerprint density at radius 1 is 1.25 bits per heavy atom. The van der Waals surface area contributed by atoms with Crippen molar-refractivity contribution in [2.75, 3.05) is 0 Å². The second kappa shape index (κ2) is 5.88. The van der Waals surface area contributed by atoms with E-state index in [0.29, 0.717) is 10.6 Å². The molecule has 0 amide bonds. The molecule has 2 aromatic rings. The maximum absolute atomic E-state index is 13.6. The summed E-state index contributed by atoms with van der Waals surface area (Å²) >= 11 is 6.00. The summed E-state index contributed by atoms with van der Waals surface area (Å²) in [7, 11) is 0. The van der Waals surface area contributed by atoms with E-state index in [-0.39, 0.29) is 11.1 Å². The van der Waals surface area contributed by atoms with Crippen LogP contribution < -0.4 is 0 Å². The zero-order chi connectivity index (χ0) is 14.7. The number of rotatable bonds is 3. The molecule has 2 aromatic carbocycles. The molecule has 102 valence electrons. The SMILES string of the molecule is Cc1ccc(/C(=C/c2ccccc2F)C(=O)O)cc1Cl. The van der Waals surface area contributed by atoms with Gasteiger partial charge in [0.15, 0.2) is 0 Å². The highest BCUT2D eigenvalue weighted by atomic mass is 35.5. The minimum atomic E-state index is -1.13. The Labute approximate surface area is 121 Å². The Bertz CT molecular complexity index is 693. The van der Waals surface area contributed by atoms with Gasteiger partial charge in [0.1, 0.15) is 5.82 Å². The molecule has 4 heteroatoms. The lowest BCUT2D eigenvalue weighted by molar-refractivity contribution is -0.130. The highest BCUT2D eigenvalue weighted by Gasteiger charge is 2.12. The van der Waals surface area contributed by atoms with Crippen molar-refractivity contribution in [2.45, 2.75) is 6.92 Å². The van der Waals surface area contributed by atoms with E-state index >= 15 is 0 Å². The van der Waals surface area contributed by atoms with Crippen LogP contribution in [0.1, 0.15) is 16.7 Å². The van der Waals surface area contributed by atoms with Crippen molar-refractivity contribution >= 4 is 29.2 Å². The number of benzene rings is 2. The molecule has 0 bridgehead atoms. The van der Waals surface area contributed by atoms with E-state index in [0.717, 1.165) is 5.56 Å². The molecule has 20 heavy (non-hydrogen) atoms. The van der Waals surface area contributed by atoms with Gasteiger partial charge in [0.2, 0.25) is 0 Å². The van der Waals surface area contributed by atoms with Crippen molar-refractivity contribution in [3.63, 3.8) is 0 Å². The summed E-state index contributed by atoms with van der Waals surface area (Å²) in [6.45, 7) is 1.83. The molecule has 0 spiro atoms. The summed E-state index contributed by atoms with van der Waals surface area (Å²) in [5.41, 5.74) is 1.51. The number of halogens is 2. The number of aliphatic carboxylic acids is 1. The third-order valence-corrected chi connectivity index (χ3v) is 3.33. The van der Waals surface area contributed by atoms with E-state index in [1.807, 2.05) is 6.92 Å². The Hall–Kier alpha value is -2.13. The molecular weight excluding hydrogens is 279 g/mol. The number of carboxylic acid groups (broad SMARTS) is 1. The van der Waals surface area contributed by atoms with Gasteiger partial charge in [-0.2, -0.15) is 0 Å². The normalized spacial score (nSPS) is 11.4. The summed E-state index contributed by atoms with van der Waals surface area (Å²) in [6, 6.07) is 11.0. The van der Waals surface area contributed by atoms with E-state index in [9.17, 15) is 14.3 Å². The third kappa shape index (κ3) is 3.06. The van der Waals surface area contributed by atoms with Crippen LogP contribution in [0.25, 0.3) is 11.6 Å². The highest BCUT2D eigenvalue weighted by Crippen LogP contribution is 2.24. The Morgan fingerprint density at radius 2 is 1.95 bits per heavy atom. The zero-order valence-corrected chi connectivity index (χ0v) is 11.5. The molecule has 0 atom stereocenters. The molecule has 0 aromatic heterocycles. The lowest BCUT2D eigenvalue weighted by Crippen LogP contribution is -2.00. The molecule has 0 aliphatic rings. The number of carbonyl (C=O) groups is 1. The summed E-state index contributed by atoms with van der Waals surface area (Å²) in [4.78, 5) is 11.4. The maximum atomic E-state index is 13.6. The fraction of sp³-hybridized carbons (Fsp3) is 0.0625. The average Bonchev–Trinajstić information content (AvgIpc) is 2.41. The fourth-order valence-electron chi connectivity index (χ4n) is 1.78. The predicted octanol–water partition coefficient (Wildman–Crippen LogP) is 4.41. The van der Waals surface area contributed by atoms with Gasteiger partial charge >= 0.3 is 5.97 Å². The third-order valence-electron chi connectivity index (χ3n) is 2.92. The van der Waals surface area contributed by atoms with Crippen LogP contribution in [0.4, 0.5) is 4.39 Å². The minimum absolute atomic E-state index is 0.00278. The van der Waals surface area contributed by atoms with E-state index < -0.39 is 11.8 Å². The molecule has 2 nitrogen and oxygen atoms in total. The quantitative estimate of drug-likeness (QED) is 0.671. The molecule has 1 N–H and O–H groups in total. The Kier molecular flexibility index (Phi) is 4.20. The topological polar surface area (TPSA) is 37.3 Å². The van der Waals surface area contributed by atoms with Crippen LogP contribution in [0.3, 0.4) is 0 Å². The minimum Gasteiger partial charge on any atom is -0.478 e. The fourth-order valence-corrected chi connectivity index (χ4v) is 1.96. The molecule has 0 unspecified atom stereocenters. The van der Waals surface area contributed by atoms with Crippen LogP contribution in [0.2, 0.25) is 5.02 Å².